The number of ketones is 1. The molecule has 1 aliphatic carbocycles. The molecule has 4 aromatic rings. The predicted octanol–water partition coefficient (Wildman–Crippen LogP) is 5.47. The van der Waals surface area contributed by atoms with Crippen molar-refractivity contribution in [2.24, 2.45) is 11.8 Å². The van der Waals surface area contributed by atoms with E-state index >= 15 is 0 Å². The Labute approximate surface area is 211 Å². The van der Waals surface area contributed by atoms with E-state index in [1.165, 1.54) is 15.6 Å². The van der Waals surface area contributed by atoms with E-state index in [9.17, 15) is 4.79 Å². The molecule has 0 aliphatic heterocycles. The van der Waals surface area contributed by atoms with E-state index in [0.29, 0.717) is 21.4 Å². The third kappa shape index (κ3) is 4.38. The number of hydrogen-bond acceptors (Lipinski definition) is 2. The summed E-state index contributed by atoms with van der Waals surface area (Å²) in [4.78, 5) is 14.2. The molecule has 0 heterocycles. The molecule has 0 aromatic heterocycles. The van der Waals surface area contributed by atoms with Gasteiger partial charge in [-0.25, -0.2) is 0 Å². The van der Waals surface area contributed by atoms with E-state index in [2.05, 4.69) is 128 Å². The van der Waals surface area contributed by atoms with Gasteiger partial charge in [0.25, 0.3) is 0 Å². The average molecular weight is 569 g/mol. The van der Waals surface area contributed by atoms with Gasteiger partial charge in [-0.2, -0.15) is 0 Å². The van der Waals surface area contributed by atoms with Crippen molar-refractivity contribution in [3.63, 3.8) is 0 Å². The van der Waals surface area contributed by atoms with Crippen LogP contribution < -0.4 is 10.7 Å². The maximum absolute atomic E-state index is 12.9. The third-order valence-corrected chi connectivity index (χ3v) is 26.2. The van der Waals surface area contributed by atoms with Crippen LogP contribution in [-0.2, 0) is 4.79 Å². The van der Waals surface area contributed by atoms with Crippen LogP contribution >= 0.6 is 11.8 Å². The SMILES string of the molecule is C[C@@H]1C(=O)CC[C@H]1[CH](Sc1ccccc1)[Sn]([c]1ccccc1)([c]1ccccc1)[c]1ccccc1. The first-order chi connectivity index (χ1) is 16.7. The van der Waals surface area contributed by atoms with Gasteiger partial charge in [-0.3, -0.25) is 0 Å². The normalized spacial score (nSPS) is 19.1. The molecule has 5 rings (SSSR count). The Balaban J connectivity index is 1.82. The Morgan fingerprint density at radius 3 is 1.47 bits per heavy atom. The quantitative estimate of drug-likeness (QED) is 0.217. The second-order valence-electron chi connectivity index (χ2n) is 9.22. The van der Waals surface area contributed by atoms with Gasteiger partial charge in [-0.05, 0) is 0 Å². The number of carbonyl (C=O) groups is 1. The van der Waals surface area contributed by atoms with Crippen LogP contribution in [0.4, 0.5) is 0 Å². The van der Waals surface area contributed by atoms with Crippen LogP contribution in [0, 0.1) is 11.8 Å². The van der Waals surface area contributed by atoms with Crippen molar-refractivity contribution in [2.75, 3.05) is 0 Å². The second-order valence-corrected chi connectivity index (χ2v) is 23.0. The molecule has 1 saturated carbocycles. The summed E-state index contributed by atoms with van der Waals surface area (Å²) in [6, 6.07) is 44.5. The van der Waals surface area contributed by atoms with Gasteiger partial charge >= 0.3 is 213 Å². The van der Waals surface area contributed by atoms with Crippen LogP contribution in [0.5, 0.6) is 0 Å². The molecule has 170 valence electrons. The monoisotopic (exact) mass is 570 g/mol. The van der Waals surface area contributed by atoms with E-state index < -0.39 is 18.4 Å². The van der Waals surface area contributed by atoms with Gasteiger partial charge in [0, 0.05) is 0 Å². The minimum atomic E-state index is -3.66. The van der Waals surface area contributed by atoms with Crippen molar-refractivity contribution in [2.45, 2.75) is 27.9 Å². The first kappa shape index (κ1) is 23.4. The van der Waals surface area contributed by atoms with Crippen molar-refractivity contribution in [1.29, 1.82) is 0 Å². The zero-order valence-corrected chi connectivity index (χ0v) is 23.2. The molecule has 34 heavy (non-hydrogen) atoms. The van der Waals surface area contributed by atoms with Gasteiger partial charge in [0.2, 0.25) is 0 Å². The van der Waals surface area contributed by atoms with Crippen LogP contribution in [0.3, 0.4) is 0 Å². The summed E-state index contributed by atoms with van der Waals surface area (Å²) in [5.41, 5.74) is 0. The van der Waals surface area contributed by atoms with Crippen LogP contribution in [0.25, 0.3) is 0 Å². The molecule has 0 N–H and O–H groups in total. The molecule has 1 fully saturated rings. The summed E-state index contributed by atoms with van der Waals surface area (Å²) < 4.78 is 4.79. The van der Waals surface area contributed by atoms with Crippen molar-refractivity contribution in [3.8, 4) is 0 Å². The molecular formula is C31H30OSSn. The van der Waals surface area contributed by atoms with Gasteiger partial charge in [-0.1, -0.05) is 0 Å². The van der Waals surface area contributed by atoms with Crippen LogP contribution in [-0.4, -0.2) is 27.4 Å². The predicted molar refractivity (Wildman–Crippen MR) is 147 cm³/mol. The first-order valence-electron chi connectivity index (χ1n) is 12.1. The topological polar surface area (TPSA) is 17.1 Å². The summed E-state index contributed by atoms with van der Waals surface area (Å²) in [5.74, 6) is 0.876. The van der Waals surface area contributed by atoms with E-state index in [-0.39, 0.29) is 5.92 Å². The summed E-state index contributed by atoms with van der Waals surface area (Å²) in [6.07, 6.45) is 1.69. The molecule has 0 saturated heterocycles. The zero-order chi connectivity index (χ0) is 23.4. The van der Waals surface area contributed by atoms with Gasteiger partial charge in [0.15, 0.2) is 0 Å². The Morgan fingerprint density at radius 2 is 1.09 bits per heavy atom. The van der Waals surface area contributed by atoms with E-state index in [0.717, 1.165) is 6.42 Å². The Hall–Kier alpha value is -2.30. The maximum atomic E-state index is 12.9. The van der Waals surface area contributed by atoms with Crippen LogP contribution in [0.2, 0.25) is 0 Å². The molecule has 3 atom stereocenters. The number of rotatable bonds is 7. The van der Waals surface area contributed by atoms with E-state index in [1.807, 2.05) is 11.8 Å². The van der Waals surface area contributed by atoms with Gasteiger partial charge < -0.3 is 0 Å². The molecule has 1 aliphatic rings. The fourth-order valence-electron chi connectivity index (χ4n) is 5.68. The van der Waals surface area contributed by atoms with Crippen molar-refractivity contribution in [1.82, 2.24) is 0 Å². The third-order valence-electron chi connectivity index (χ3n) is 7.38. The zero-order valence-electron chi connectivity index (χ0n) is 19.5. The summed E-state index contributed by atoms with van der Waals surface area (Å²) in [7, 11) is 0. The van der Waals surface area contributed by atoms with Crippen LogP contribution in [0.15, 0.2) is 126 Å². The summed E-state index contributed by atoms with van der Waals surface area (Å²) >= 11 is -1.64. The van der Waals surface area contributed by atoms with Gasteiger partial charge in [-0.15, -0.1) is 0 Å². The summed E-state index contributed by atoms with van der Waals surface area (Å²) in [5, 5.41) is 0. The first-order valence-corrected chi connectivity index (χ1v) is 18.9. The van der Waals surface area contributed by atoms with Crippen molar-refractivity contribution in [3.05, 3.63) is 121 Å². The molecule has 3 heteroatoms. The fourth-order valence-corrected chi connectivity index (χ4v) is 27.4. The molecule has 0 spiro atoms. The average Bonchev–Trinajstić information content (AvgIpc) is 3.24. The fraction of sp³-hybridized carbons (Fsp3) is 0.194. The minimum absolute atomic E-state index is 0.0911. The number of benzene rings is 4. The number of carbonyl (C=O) groups excluding carboxylic acids is 1. The van der Waals surface area contributed by atoms with Crippen molar-refractivity contribution >= 4 is 46.7 Å². The summed E-state index contributed by atoms with van der Waals surface area (Å²) in [6.45, 7) is 2.18. The molecule has 0 radical (unpaired) electrons. The van der Waals surface area contributed by atoms with Crippen LogP contribution in [0.1, 0.15) is 19.8 Å². The second kappa shape index (κ2) is 10.5. The van der Waals surface area contributed by atoms with E-state index in [4.69, 9.17) is 0 Å². The van der Waals surface area contributed by atoms with Gasteiger partial charge in [0.05, 0.1) is 0 Å². The van der Waals surface area contributed by atoms with E-state index in [1.54, 1.807) is 0 Å². The van der Waals surface area contributed by atoms with Gasteiger partial charge in [0.1, 0.15) is 0 Å². The molecule has 0 amide bonds. The molecule has 4 aromatic carbocycles. The standard InChI is InChI=1S/C13H15OS.3C6H5.Sn/c1-10-11(7-8-13(10)14)9-15-12-5-3-2-4-6-12;3*1-2-4-6-5-3-1;/h2-6,9-11H,7-8H2,1H3;3*1-5H;/t10-,11-;;;;/m0..../s1. The Morgan fingerprint density at radius 1 is 0.676 bits per heavy atom. The Bertz CT molecular complexity index is 1110. The number of thioether (sulfide) groups is 1. The number of Topliss-reactive ketones (excluding diaryl/α,β-unsaturated/α-hetero) is 1. The molecule has 1 nitrogen and oxygen atoms in total. The molecule has 0 bridgehead atoms. The number of hydrogen-bond donors (Lipinski definition) is 0. The molecule has 1 unspecified atom stereocenters. The van der Waals surface area contributed by atoms with Crippen molar-refractivity contribution < 1.29 is 4.79 Å². The Kier molecular flexibility index (Phi) is 7.26. The molecular weight excluding hydrogens is 539 g/mol.